The van der Waals surface area contributed by atoms with Gasteiger partial charge in [0, 0.05) is 11.0 Å². The number of carboxylic acids is 1. The summed E-state index contributed by atoms with van der Waals surface area (Å²) in [5.74, 6) is -0.884. The SMILES string of the molecule is Cc1cc(-n2nncc2CN2CCC(C(=O)O)CC2)ccc1Br. The zero-order valence-corrected chi connectivity index (χ0v) is 14.5. The lowest BCUT2D eigenvalue weighted by molar-refractivity contribution is -0.143. The van der Waals surface area contributed by atoms with Gasteiger partial charge in [-0.1, -0.05) is 21.1 Å². The Balaban J connectivity index is 1.72. The van der Waals surface area contributed by atoms with Crippen molar-refractivity contribution >= 4 is 21.9 Å². The van der Waals surface area contributed by atoms with Gasteiger partial charge >= 0.3 is 5.97 Å². The van der Waals surface area contributed by atoms with Gasteiger partial charge in [0.1, 0.15) is 0 Å². The Morgan fingerprint density at radius 1 is 1.39 bits per heavy atom. The van der Waals surface area contributed by atoms with Crippen LogP contribution in [0, 0.1) is 12.8 Å². The van der Waals surface area contributed by atoms with Gasteiger partial charge in [-0.05, 0) is 56.6 Å². The van der Waals surface area contributed by atoms with Gasteiger partial charge in [-0.2, -0.15) is 0 Å². The molecule has 2 aromatic rings. The molecule has 7 heteroatoms. The summed E-state index contributed by atoms with van der Waals surface area (Å²) >= 11 is 3.51. The van der Waals surface area contributed by atoms with Crippen molar-refractivity contribution in [2.45, 2.75) is 26.3 Å². The number of hydrogen-bond acceptors (Lipinski definition) is 4. The number of nitrogens with zero attached hydrogens (tertiary/aromatic N) is 4. The summed E-state index contributed by atoms with van der Waals surface area (Å²) in [5.41, 5.74) is 3.14. The first-order chi connectivity index (χ1) is 11.0. The van der Waals surface area contributed by atoms with Crippen LogP contribution in [-0.2, 0) is 11.3 Å². The minimum Gasteiger partial charge on any atom is -0.481 e. The number of likely N-dealkylation sites (tertiary alicyclic amines) is 1. The Morgan fingerprint density at radius 2 is 2.13 bits per heavy atom. The van der Waals surface area contributed by atoms with E-state index in [9.17, 15) is 4.79 Å². The van der Waals surface area contributed by atoms with Crippen LogP contribution in [0.5, 0.6) is 0 Å². The average molecular weight is 379 g/mol. The molecule has 23 heavy (non-hydrogen) atoms. The van der Waals surface area contributed by atoms with Crippen LogP contribution in [0.15, 0.2) is 28.9 Å². The fraction of sp³-hybridized carbons (Fsp3) is 0.438. The summed E-state index contributed by atoms with van der Waals surface area (Å²) in [6, 6.07) is 6.08. The maximum atomic E-state index is 11.0. The molecule has 2 heterocycles. The van der Waals surface area contributed by atoms with Crippen molar-refractivity contribution in [2.24, 2.45) is 5.92 Å². The summed E-state index contributed by atoms with van der Waals surface area (Å²) in [7, 11) is 0. The van der Waals surface area contributed by atoms with Gasteiger partial charge in [0.25, 0.3) is 0 Å². The number of carbonyl (C=O) groups is 1. The Morgan fingerprint density at radius 3 is 2.78 bits per heavy atom. The van der Waals surface area contributed by atoms with Crippen LogP contribution in [0.3, 0.4) is 0 Å². The van der Waals surface area contributed by atoms with Crippen LogP contribution in [0.4, 0.5) is 0 Å². The molecule has 3 rings (SSSR count). The van der Waals surface area contributed by atoms with E-state index < -0.39 is 5.97 Å². The van der Waals surface area contributed by atoms with E-state index >= 15 is 0 Å². The maximum Gasteiger partial charge on any atom is 0.306 e. The monoisotopic (exact) mass is 378 g/mol. The molecule has 1 aliphatic rings. The van der Waals surface area contributed by atoms with Gasteiger partial charge in [-0.15, -0.1) is 5.10 Å². The van der Waals surface area contributed by atoms with Crippen LogP contribution >= 0.6 is 15.9 Å². The molecule has 0 radical (unpaired) electrons. The molecule has 0 amide bonds. The van der Waals surface area contributed by atoms with E-state index in [-0.39, 0.29) is 5.92 Å². The molecule has 1 N–H and O–H groups in total. The standard InChI is InChI=1S/C16H19BrN4O2/c1-11-8-13(2-3-15(11)17)21-14(9-18-19-21)10-20-6-4-12(5-7-20)16(22)23/h2-3,8-9,12H,4-7,10H2,1H3,(H,22,23). The van der Waals surface area contributed by atoms with Gasteiger partial charge in [-0.25, -0.2) is 4.68 Å². The molecular formula is C16H19BrN4O2. The van der Waals surface area contributed by atoms with Crippen molar-refractivity contribution in [3.8, 4) is 5.69 Å². The van der Waals surface area contributed by atoms with E-state index in [0.29, 0.717) is 12.8 Å². The first kappa shape index (κ1) is 16.1. The topological polar surface area (TPSA) is 71.2 Å². The summed E-state index contributed by atoms with van der Waals surface area (Å²) in [6.45, 7) is 4.36. The van der Waals surface area contributed by atoms with Crippen molar-refractivity contribution in [2.75, 3.05) is 13.1 Å². The summed E-state index contributed by atoms with van der Waals surface area (Å²) in [6.07, 6.45) is 3.18. The van der Waals surface area contributed by atoms with Crippen molar-refractivity contribution in [3.63, 3.8) is 0 Å². The lowest BCUT2D eigenvalue weighted by atomic mass is 9.97. The first-order valence-electron chi connectivity index (χ1n) is 7.66. The number of aliphatic carboxylic acids is 1. The molecule has 1 aromatic carbocycles. The smallest absolute Gasteiger partial charge is 0.306 e. The van der Waals surface area contributed by atoms with Gasteiger partial charge in [0.2, 0.25) is 0 Å². The van der Waals surface area contributed by atoms with Crippen molar-refractivity contribution < 1.29 is 9.90 Å². The van der Waals surface area contributed by atoms with Crippen LogP contribution in [0.1, 0.15) is 24.1 Å². The van der Waals surface area contributed by atoms with Crippen molar-refractivity contribution in [3.05, 3.63) is 40.1 Å². The van der Waals surface area contributed by atoms with Crippen LogP contribution in [-0.4, -0.2) is 44.1 Å². The number of halogens is 1. The van der Waals surface area contributed by atoms with E-state index in [2.05, 4.69) is 37.2 Å². The molecule has 0 atom stereocenters. The molecular weight excluding hydrogens is 360 g/mol. The number of hydrogen-bond donors (Lipinski definition) is 1. The third kappa shape index (κ3) is 3.61. The molecule has 0 saturated carbocycles. The molecule has 1 saturated heterocycles. The number of piperidine rings is 1. The second-order valence-corrected chi connectivity index (χ2v) is 6.81. The summed E-state index contributed by atoms with van der Waals surface area (Å²) in [5, 5.41) is 17.3. The maximum absolute atomic E-state index is 11.0. The highest BCUT2D eigenvalue weighted by molar-refractivity contribution is 9.10. The summed E-state index contributed by atoms with van der Waals surface area (Å²) < 4.78 is 2.92. The highest BCUT2D eigenvalue weighted by Crippen LogP contribution is 2.22. The van der Waals surface area contributed by atoms with E-state index in [1.807, 2.05) is 23.7 Å². The molecule has 0 bridgehead atoms. The molecule has 1 aliphatic heterocycles. The fourth-order valence-electron chi connectivity index (χ4n) is 2.91. The minimum atomic E-state index is -0.679. The Kier molecular flexibility index (Phi) is 4.77. The molecule has 0 spiro atoms. The van der Waals surface area contributed by atoms with Gasteiger partial charge < -0.3 is 5.11 Å². The molecule has 1 fully saturated rings. The zero-order chi connectivity index (χ0) is 16.4. The van der Waals surface area contributed by atoms with E-state index in [4.69, 9.17) is 5.11 Å². The highest BCUT2D eigenvalue weighted by Gasteiger charge is 2.25. The molecule has 0 aliphatic carbocycles. The fourth-order valence-corrected chi connectivity index (χ4v) is 3.16. The number of carboxylic acid groups (broad SMARTS) is 1. The predicted octanol–water partition coefficient (Wildman–Crippen LogP) is 2.63. The lowest BCUT2D eigenvalue weighted by Crippen LogP contribution is -2.36. The van der Waals surface area contributed by atoms with Crippen LogP contribution < -0.4 is 0 Å². The van der Waals surface area contributed by atoms with E-state index in [1.54, 1.807) is 6.20 Å². The third-order valence-electron chi connectivity index (χ3n) is 4.33. The number of benzene rings is 1. The van der Waals surface area contributed by atoms with Crippen LogP contribution in [0.25, 0.3) is 5.69 Å². The number of aryl methyl sites for hydroxylation is 1. The molecule has 122 valence electrons. The largest absolute Gasteiger partial charge is 0.481 e. The molecule has 0 unspecified atom stereocenters. The Bertz CT molecular complexity index is 708. The van der Waals surface area contributed by atoms with Crippen molar-refractivity contribution in [1.29, 1.82) is 0 Å². The second kappa shape index (κ2) is 6.80. The first-order valence-corrected chi connectivity index (χ1v) is 8.45. The van der Waals surface area contributed by atoms with Gasteiger partial charge in [0.15, 0.2) is 0 Å². The Hall–Kier alpha value is -1.73. The third-order valence-corrected chi connectivity index (χ3v) is 5.22. The Labute approximate surface area is 143 Å². The van der Waals surface area contributed by atoms with Gasteiger partial charge in [0.05, 0.1) is 23.5 Å². The average Bonchev–Trinajstić information content (AvgIpc) is 2.99. The normalized spacial score (nSPS) is 16.6. The van der Waals surface area contributed by atoms with E-state index in [1.165, 1.54) is 0 Å². The van der Waals surface area contributed by atoms with Crippen LogP contribution in [0.2, 0.25) is 0 Å². The summed E-state index contributed by atoms with van der Waals surface area (Å²) in [4.78, 5) is 13.3. The van der Waals surface area contributed by atoms with Gasteiger partial charge in [-0.3, -0.25) is 9.69 Å². The number of aromatic nitrogens is 3. The highest BCUT2D eigenvalue weighted by atomic mass is 79.9. The van der Waals surface area contributed by atoms with E-state index in [0.717, 1.165) is 41.1 Å². The zero-order valence-electron chi connectivity index (χ0n) is 12.9. The molecule has 6 nitrogen and oxygen atoms in total. The second-order valence-electron chi connectivity index (χ2n) is 5.96. The minimum absolute atomic E-state index is 0.205. The lowest BCUT2D eigenvalue weighted by Gasteiger charge is -2.29. The molecule has 1 aromatic heterocycles. The number of rotatable bonds is 4. The quantitative estimate of drug-likeness (QED) is 0.885. The predicted molar refractivity (Wildman–Crippen MR) is 89.4 cm³/mol. The van der Waals surface area contributed by atoms with Crippen molar-refractivity contribution in [1.82, 2.24) is 19.9 Å².